The van der Waals surface area contributed by atoms with Gasteiger partial charge in [-0.25, -0.2) is 0 Å². The average molecular weight is 263 g/mol. The highest BCUT2D eigenvalue weighted by Crippen LogP contribution is 2.24. The van der Waals surface area contributed by atoms with Crippen molar-refractivity contribution in [1.29, 1.82) is 0 Å². The number of hydrogen-bond donors (Lipinski definition) is 1. The minimum Gasteiger partial charge on any atom is -0.398 e. The highest BCUT2D eigenvalue weighted by Gasteiger charge is 2.02. The number of benzene rings is 2. The molecule has 0 radical (unpaired) electrons. The van der Waals surface area contributed by atoms with Gasteiger partial charge in [0.25, 0.3) is 0 Å². The molecule has 2 rings (SSSR count). The van der Waals surface area contributed by atoms with E-state index < -0.39 is 0 Å². The van der Waals surface area contributed by atoms with E-state index >= 15 is 0 Å². The molecule has 20 heavy (non-hydrogen) atoms. The summed E-state index contributed by atoms with van der Waals surface area (Å²) in [5.74, 6) is 0. The quantitative estimate of drug-likeness (QED) is 0.618. The van der Waals surface area contributed by atoms with Gasteiger partial charge in [0.1, 0.15) is 0 Å². The van der Waals surface area contributed by atoms with Crippen molar-refractivity contribution in [2.75, 3.05) is 5.73 Å². The predicted molar refractivity (Wildman–Crippen MR) is 88.4 cm³/mol. The van der Waals surface area contributed by atoms with Gasteiger partial charge >= 0.3 is 0 Å². The first-order valence-electron chi connectivity index (χ1n) is 6.90. The van der Waals surface area contributed by atoms with E-state index in [4.69, 9.17) is 5.73 Å². The SMILES string of the molecule is CC(C)=C/C(=C/Cc1ccccc1)c1ccccc1N. The smallest absolute Gasteiger partial charge is 0.0393 e. The van der Waals surface area contributed by atoms with Crippen molar-refractivity contribution in [3.63, 3.8) is 0 Å². The number of para-hydroxylation sites is 1. The Morgan fingerprint density at radius 3 is 2.25 bits per heavy atom. The van der Waals surface area contributed by atoms with Crippen molar-refractivity contribution in [3.8, 4) is 0 Å². The third-order valence-electron chi connectivity index (χ3n) is 3.12. The number of hydrogen-bond acceptors (Lipinski definition) is 1. The summed E-state index contributed by atoms with van der Waals surface area (Å²) in [7, 11) is 0. The first-order chi connectivity index (χ1) is 9.66. The van der Waals surface area contributed by atoms with Gasteiger partial charge in [0.2, 0.25) is 0 Å². The van der Waals surface area contributed by atoms with Crippen molar-refractivity contribution in [2.45, 2.75) is 20.3 Å². The van der Waals surface area contributed by atoms with Gasteiger partial charge in [0.05, 0.1) is 0 Å². The van der Waals surface area contributed by atoms with Crippen LogP contribution >= 0.6 is 0 Å². The second-order valence-electron chi connectivity index (χ2n) is 5.16. The van der Waals surface area contributed by atoms with Crippen LogP contribution < -0.4 is 5.73 Å². The molecule has 0 saturated heterocycles. The van der Waals surface area contributed by atoms with Gasteiger partial charge in [-0.15, -0.1) is 0 Å². The molecule has 0 aliphatic carbocycles. The lowest BCUT2D eigenvalue weighted by atomic mass is 9.99. The zero-order valence-electron chi connectivity index (χ0n) is 12.1. The summed E-state index contributed by atoms with van der Waals surface area (Å²) in [6.45, 7) is 4.21. The van der Waals surface area contributed by atoms with Crippen LogP contribution in [0.25, 0.3) is 5.57 Å². The van der Waals surface area contributed by atoms with Crippen LogP contribution in [0.2, 0.25) is 0 Å². The Bertz CT molecular complexity index is 617. The molecule has 0 spiro atoms. The first kappa shape index (κ1) is 14.1. The Morgan fingerprint density at radius 2 is 1.60 bits per heavy atom. The molecule has 102 valence electrons. The average Bonchev–Trinajstić information content (AvgIpc) is 2.45. The van der Waals surface area contributed by atoms with E-state index in [1.54, 1.807) is 0 Å². The largest absolute Gasteiger partial charge is 0.398 e. The Labute approximate surface area is 121 Å². The summed E-state index contributed by atoms with van der Waals surface area (Å²) >= 11 is 0. The highest BCUT2D eigenvalue weighted by atomic mass is 14.6. The van der Waals surface area contributed by atoms with E-state index in [1.807, 2.05) is 24.3 Å². The van der Waals surface area contributed by atoms with Crippen molar-refractivity contribution >= 4 is 11.3 Å². The summed E-state index contributed by atoms with van der Waals surface area (Å²) in [4.78, 5) is 0. The Kier molecular flexibility index (Phi) is 4.78. The maximum atomic E-state index is 6.10. The number of allylic oxidation sites excluding steroid dienone is 4. The highest BCUT2D eigenvalue weighted by molar-refractivity contribution is 5.81. The monoisotopic (exact) mass is 263 g/mol. The van der Waals surface area contributed by atoms with Crippen LogP contribution in [0.5, 0.6) is 0 Å². The van der Waals surface area contributed by atoms with Crippen LogP contribution in [0.15, 0.2) is 72.3 Å². The van der Waals surface area contributed by atoms with E-state index in [-0.39, 0.29) is 0 Å². The first-order valence-corrected chi connectivity index (χ1v) is 6.90. The van der Waals surface area contributed by atoms with Gasteiger partial charge in [-0.3, -0.25) is 0 Å². The molecular weight excluding hydrogens is 242 g/mol. The molecule has 2 N–H and O–H groups in total. The molecule has 0 bridgehead atoms. The summed E-state index contributed by atoms with van der Waals surface area (Å²) in [5, 5.41) is 0. The molecule has 0 fully saturated rings. The van der Waals surface area contributed by atoms with E-state index in [9.17, 15) is 0 Å². The normalized spacial score (nSPS) is 11.2. The minimum atomic E-state index is 0.823. The van der Waals surface area contributed by atoms with Gasteiger partial charge < -0.3 is 5.73 Å². The second-order valence-corrected chi connectivity index (χ2v) is 5.16. The minimum absolute atomic E-state index is 0.823. The van der Waals surface area contributed by atoms with Crippen LogP contribution in [0, 0.1) is 0 Å². The third kappa shape index (κ3) is 3.86. The van der Waals surface area contributed by atoms with Gasteiger partial charge in [-0.05, 0) is 37.5 Å². The molecule has 0 saturated carbocycles. The van der Waals surface area contributed by atoms with Crippen LogP contribution in [0.4, 0.5) is 5.69 Å². The predicted octanol–water partition coefficient (Wildman–Crippen LogP) is 4.86. The van der Waals surface area contributed by atoms with Crippen molar-refractivity contribution in [2.24, 2.45) is 0 Å². The summed E-state index contributed by atoms with van der Waals surface area (Å²) in [5.41, 5.74) is 11.8. The van der Waals surface area contributed by atoms with Crippen LogP contribution in [0.1, 0.15) is 25.0 Å². The maximum absolute atomic E-state index is 6.10. The van der Waals surface area contributed by atoms with E-state index in [1.165, 1.54) is 16.7 Å². The zero-order valence-corrected chi connectivity index (χ0v) is 12.1. The third-order valence-corrected chi connectivity index (χ3v) is 3.12. The summed E-state index contributed by atoms with van der Waals surface area (Å²) in [6, 6.07) is 18.5. The molecule has 0 aliphatic heterocycles. The van der Waals surface area contributed by atoms with E-state index in [0.717, 1.165) is 17.7 Å². The van der Waals surface area contributed by atoms with Gasteiger partial charge in [-0.2, -0.15) is 0 Å². The fourth-order valence-electron chi connectivity index (χ4n) is 2.16. The lowest BCUT2D eigenvalue weighted by Gasteiger charge is -2.08. The molecule has 0 aromatic heterocycles. The van der Waals surface area contributed by atoms with Gasteiger partial charge in [0, 0.05) is 11.3 Å². The molecular formula is C19H21N. The van der Waals surface area contributed by atoms with Gasteiger partial charge in [-0.1, -0.05) is 66.3 Å². The molecule has 2 aromatic rings. The Balaban J connectivity index is 2.34. The van der Waals surface area contributed by atoms with Crippen molar-refractivity contribution in [3.05, 3.63) is 83.4 Å². The molecule has 2 aromatic carbocycles. The fraction of sp³-hybridized carbons (Fsp3) is 0.158. The summed E-state index contributed by atoms with van der Waals surface area (Å²) in [6.07, 6.45) is 5.34. The Hall–Kier alpha value is -2.28. The molecule has 0 heterocycles. The lowest BCUT2D eigenvalue weighted by molar-refractivity contribution is 1.27. The number of nitrogen functional groups attached to an aromatic ring is 1. The molecule has 1 heteroatoms. The van der Waals surface area contributed by atoms with Crippen LogP contribution in [0.3, 0.4) is 0 Å². The number of rotatable bonds is 4. The topological polar surface area (TPSA) is 26.0 Å². The summed E-state index contributed by atoms with van der Waals surface area (Å²) < 4.78 is 0. The van der Waals surface area contributed by atoms with Crippen molar-refractivity contribution < 1.29 is 0 Å². The molecule has 0 amide bonds. The molecule has 0 unspecified atom stereocenters. The van der Waals surface area contributed by atoms with Crippen LogP contribution in [-0.2, 0) is 6.42 Å². The van der Waals surface area contributed by atoms with E-state index in [0.29, 0.717) is 0 Å². The number of nitrogens with two attached hydrogens (primary N) is 1. The maximum Gasteiger partial charge on any atom is 0.0393 e. The number of anilines is 1. The van der Waals surface area contributed by atoms with E-state index in [2.05, 4.69) is 56.3 Å². The molecule has 0 aliphatic rings. The second kappa shape index (κ2) is 6.76. The molecule has 0 atom stereocenters. The van der Waals surface area contributed by atoms with Crippen molar-refractivity contribution in [1.82, 2.24) is 0 Å². The fourth-order valence-corrected chi connectivity index (χ4v) is 2.16. The zero-order chi connectivity index (χ0) is 14.4. The standard InChI is InChI=1S/C19H21N/c1-15(2)14-17(18-10-6-7-11-19(18)20)13-12-16-8-4-3-5-9-16/h3-11,13-14H,12,20H2,1-2H3/b17-13-. The van der Waals surface area contributed by atoms with Crippen LogP contribution in [-0.4, -0.2) is 0 Å². The Morgan fingerprint density at radius 1 is 0.950 bits per heavy atom. The lowest BCUT2D eigenvalue weighted by Crippen LogP contribution is -1.93. The molecule has 1 nitrogen and oxygen atoms in total. The van der Waals surface area contributed by atoms with Gasteiger partial charge in [0.15, 0.2) is 0 Å².